The Hall–Kier alpha value is -3.79. The van der Waals surface area contributed by atoms with Gasteiger partial charge in [-0.1, -0.05) is 47.5 Å². The van der Waals surface area contributed by atoms with Crippen molar-refractivity contribution in [2.75, 3.05) is 10.6 Å². The van der Waals surface area contributed by atoms with E-state index in [0.29, 0.717) is 27.2 Å². The maximum atomic E-state index is 13.0. The molecule has 1 amide bonds. The number of carbonyl (C=O) groups is 1. The Balaban J connectivity index is 1.49. The van der Waals surface area contributed by atoms with Gasteiger partial charge in [-0.3, -0.25) is 9.10 Å². The second kappa shape index (κ2) is 12.2. The number of aromatic nitrogens is 1. The van der Waals surface area contributed by atoms with E-state index < -0.39 is 22.0 Å². The summed E-state index contributed by atoms with van der Waals surface area (Å²) in [5, 5.41) is 4.96. The van der Waals surface area contributed by atoms with Gasteiger partial charge < -0.3 is 9.30 Å². The van der Waals surface area contributed by atoms with Crippen LogP contribution in [0, 0.1) is 13.8 Å². The summed E-state index contributed by atoms with van der Waals surface area (Å²) < 4.78 is 34.1. The number of anilines is 1. The van der Waals surface area contributed by atoms with Crippen molar-refractivity contribution in [2.45, 2.75) is 26.8 Å². The van der Waals surface area contributed by atoms with Gasteiger partial charge in [0.1, 0.15) is 17.5 Å². The second-order valence-electron chi connectivity index (χ2n) is 9.11. The predicted octanol–water partition coefficient (Wildman–Crippen LogP) is 6.50. The number of rotatable bonds is 9. The molecule has 0 bridgehead atoms. The van der Waals surface area contributed by atoms with Crippen LogP contribution < -0.4 is 14.5 Å². The minimum absolute atomic E-state index is 0.316. The molecular formula is C29H28Cl2N4O4S. The van der Waals surface area contributed by atoms with E-state index in [1.807, 2.05) is 66.9 Å². The Morgan fingerprint density at radius 3 is 2.30 bits per heavy atom. The van der Waals surface area contributed by atoms with E-state index >= 15 is 0 Å². The van der Waals surface area contributed by atoms with E-state index in [1.165, 1.54) is 13.1 Å². The van der Waals surface area contributed by atoms with E-state index in [2.05, 4.69) is 10.5 Å². The van der Waals surface area contributed by atoms with Crippen LogP contribution >= 0.6 is 23.2 Å². The lowest BCUT2D eigenvalue weighted by atomic mass is 10.2. The lowest BCUT2D eigenvalue weighted by Gasteiger charge is -2.27. The van der Waals surface area contributed by atoms with Crippen LogP contribution in [-0.4, -0.2) is 37.4 Å². The van der Waals surface area contributed by atoms with Gasteiger partial charge in [0, 0.05) is 17.0 Å². The van der Waals surface area contributed by atoms with Crippen LogP contribution in [0.2, 0.25) is 10.0 Å². The average Bonchev–Trinajstić information content (AvgIpc) is 3.19. The zero-order valence-corrected chi connectivity index (χ0v) is 24.6. The number of benzene rings is 3. The molecule has 1 N–H and O–H groups in total. The van der Waals surface area contributed by atoms with Crippen molar-refractivity contribution in [3.05, 3.63) is 106 Å². The number of amides is 1. The summed E-state index contributed by atoms with van der Waals surface area (Å²) in [6.07, 6.45) is 2.55. The molecule has 1 heterocycles. The molecule has 0 aliphatic heterocycles. The number of nitrogens with one attached hydrogen (secondary N) is 1. The molecule has 1 atom stereocenters. The highest BCUT2D eigenvalue weighted by Gasteiger charge is 2.29. The fourth-order valence-electron chi connectivity index (χ4n) is 4.31. The third-order valence-electron chi connectivity index (χ3n) is 6.18. The van der Waals surface area contributed by atoms with Crippen molar-refractivity contribution in [1.29, 1.82) is 0 Å². The molecular weight excluding hydrogens is 571 g/mol. The molecule has 11 heteroatoms. The second-order valence-corrected chi connectivity index (χ2v) is 11.8. The summed E-state index contributed by atoms with van der Waals surface area (Å²) in [5.74, 6) is 0.581. The van der Waals surface area contributed by atoms with E-state index in [1.54, 1.807) is 30.3 Å². The lowest BCUT2D eigenvalue weighted by molar-refractivity contribution is -0.121. The Kier molecular flexibility index (Phi) is 8.88. The Bertz CT molecular complexity index is 1650. The Labute approximate surface area is 243 Å². The fourth-order valence-corrected chi connectivity index (χ4v) is 5.86. The van der Waals surface area contributed by atoms with Crippen LogP contribution in [0.3, 0.4) is 0 Å². The summed E-state index contributed by atoms with van der Waals surface area (Å²) in [5.41, 5.74) is 5.98. The maximum Gasteiger partial charge on any atom is 0.263 e. The van der Waals surface area contributed by atoms with E-state index in [-0.39, 0.29) is 0 Å². The number of para-hydroxylation sites is 1. The van der Waals surface area contributed by atoms with Crippen molar-refractivity contribution in [3.8, 4) is 17.2 Å². The Morgan fingerprint density at radius 1 is 1.00 bits per heavy atom. The van der Waals surface area contributed by atoms with Crippen LogP contribution in [0.25, 0.3) is 5.69 Å². The van der Waals surface area contributed by atoms with Crippen LogP contribution in [0.5, 0.6) is 11.5 Å². The molecule has 1 aromatic heterocycles. The number of nitrogens with zero attached hydrogens (tertiary/aromatic N) is 3. The smallest absolute Gasteiger partial charge is 0.263 e. The first-order chi connectivity index (χ1) is 19.0. The van der Waals surface area contributed by atoms with E-state index in [4.69, 9.17) is 27.9 Å². The van der Waals surface area contributed by atoms with Gasteiger partial charge in [0.2, 0.25) is 10.0 Å². The molecule has 0 saturated heterocycles. The number of hydrazone groups is 1. The zero-order valence-electron chi connectivity index (χ0n) is 22.3. The number of hydrogen-bond donors (Lipinski definition) is 1. The van der Waals surface area contributed by atoms with Crippen LogP contribution in [0.15, 0.2) is 84.0 Å². The van der Waals surface area contributed by atoms with Crippen molar-refractivity contribution in [3.63, 3.8) is 0 Å². The van der Waals surface area contributed by atoms with Gasteiger partial charge in [-0.05, 0) is 75.4 Å². The number of sulfonamides is 1. The molecule has 4 aromatic rings. The molecule has 0 radical (unpaired) electrons. The Morgan fingerprint density at radius 2 is 1.65 bits per heavy atom. The van der Waals surface area contributed by atoms with Gasteiger partial charge >= 0.3 is 0 Å². The summed E-state index contributed by atoms with van der Waals surface area (Å²) in [6, 6.07) is 21.9. The third kappa shape index (κ3) is 6.50. The molecule has 4 rings (SSSR count). The number of aryl methyl sites for hydroxylation is 1. The van der Waals surface area contributed by atoms with Gasteiger partial charge in [0.25, 0.3) is 5.91 Å². The third-order valence-corrected chi connectivity index (χ3v) is 8.23. The van der Waals surface area contributed by atoms with E-state index in [0.717, 1.165) is 33.2 Å². The lowest BCUT2D eigenvalue weighted by Crippen LogP contribution is -2.46. The maximum absolute atomic E-state index is 13.0. The van der Waals surface area contributed by atoms with Crippen molar-refractivity contribution >= 4 is 51.0 Å². The molecule has 0 unspecified atom stereocenters. The average molecular weight is 600 g/mol. The topological polar surface area (TPSA) is 93.0 Å². The van der Waals surface area contributed by atoms with Crippen molar-refractivity contribution < 1.29 is 17.9 Å². The highest BCUT2D eigenvalue weighted by atomic mass is 35.5. The number of carbonyl (C=O) groups excluding carboxylic acids is 1. The monoisotopic (exact) mass is 598 g/mol. The van der Waals surface area contributed by atoms with Crippen molar-refractivity contribution in [2.24, 2.45) is 5.10 Å². The molecule has 0 saturated carbocycles. The van der Waals surface area contributed by atoms with Crippen LogP contribution in [-0.2, 0) is 14.8 Å². The van der Waals surface area contributed by atoms with Gasteiger partial charge in [0.05, 0.1) is 33.9 Å². The standard InChI is InChI=1S/C29H28Cl2N4O4S/c1-19-17-22(20(2)34(19)27-12-8-11-26(30)28(27)31)18-32-33-29(36)21(3)35(40(4,37)38)23-13-15-25(16-14-23)39-24-9-6-5-7-10-24/h5-18,21H,1-4H3,(H,33,36)/b32-18-/t21-/m0/s1. The minimum Gasteiger partial charge on any atom is -0.457 e. The molecule has 0 aliphatic rings. The number of hydrogen-bond acceptors (Lipinski definition) is 5. The number of ether oxygens (including phenoxy) is 1. The molecule has 8 nitrogen and oxygen atoms in total. The summed E-state index contributed by atoms with van der Waals surface area (Å²) in [7, 11) is -3.81. The van der Waals surface area contributed by atoms with Gasteiger partial charge in [-0.15, -0.1) is 0 Å². The van der Waals surface area contributed by atoms with Crippen LogP contribution in [0.4, 0.5) is 5.69 Å². The fraction of sp³-hybridized carbons (Fsp3) is 0.172. The SMILES string of the molecule is Cc1cc(/C=N\NC(=O)[C@H](C)N(c2ccc(Oc3ccccc3)cc2)S(C)(=O)=O)c(C)n1-c1cccc(Cl)c1Cl. The largest absolute Gasteiger partial charge is 0.457 e. The quantitative estimate of drug-likeness (QED) is 0.176. The molecule has 0 aliphatic carbocycles. The molecule has 0 fully saturated rings. The van der Waals surface area contributed by atoms with Gasteiger partial charge in [-0.2, -0.15) is 5.10 Å². The predicted molar refractivity (Wildman–Crippen MR) is 161 cm³/mol. The first-order valence-electron chi connectivity index (χ1n) is 12.3. The van der Waals surface area contributed by atoms with Crippen molar-refractivity contribution in [1.82, 2.24) is 9.99 Å². The van der Waals surface area contributed by atoms with Gasteiger partial charge in [-0.25, -0.2) is 13.8 Å². The van der Waals surface area contributed by atoms with Crippen LogP contribution in [0.1, 0.15) is 23.9 Å². The minimum atomic E-state index is -3.81. The zero-order chi connectivity index (χ0) is 29.0. The van der Waals surface area contributed by atoms with E-state index in [9.17, 15) is 13.2 Å². The first kappa shape index (κ1) is 29.2. The highest BCUT2D eigenvalue weighted by Crippen LogP contribution is 2.31. The summed E-state index contributed by atoms with van der Waals surface area (Å²) >= 11 is 12.6. The highest BCUT2D eigenvalue weighted by molar-refractivity contribution is 7.92. The molecule has 3 aromatic carbocycles. The molecule has 40 heavy (non-hydrogen) atoms. The number of halogens is 2. The van der Waals surface area contributed by atoms with Gasteiger partial charge in [0.15, 0.2) is 0 Å². The summed E-state index contributed by atoms with van der Waals surface area (Å²) in [4.78, 5) is 13.0. The first-order valence-corrected chi connectivity index (χ1v) is 14.9. The molecule has 208 valence electrons. The normalized spacial score (nSPS) is 12.3. The molecule has 0 spiro atoms. The summed E-state index contributed by atoms with van der Waals surface area (Å²) in [6.45, 7) is 5.31.